The summed E-state index contributed by atoms with van der Waals surface area (Å²) in [4.78, 5) is 0. The minimum atomic E-state index is 0.246. The number of hydrogen-bond acceptors (Lipinski definition) is 4. The lowest BCUT2D eigenvalue weighted by atomic mass is 10.1. The Morgan fingerprint density at radius 2 is 1.80 bits per heavy atom. The molecule has 1 aromatic rings. The third-order valence-corrected chi connectivity index (χ3v) is 2.01. The Labute approximate surface area is 88.3 Å². The standard InChI is InChI=1S/C11H10N2O2/c1-9-2-3-10(5-14-7-12)4-11(9)6-15-8-13/h2-4H,5-6H2,1H3. The average molecular weight is 202 g/mol. The fraction of sp³-hybridized carbons (Fsp3) is 0.273. The van der Waals surface area contributed by atoms with Gasteiger partial charge in [-0.3, -0.25) is 0 Å². The molecule has 0 unspecified atom stereocenters. The lowest BCUT2D eigenvalue weighted by Crippen LogP contribution is -1.95. The van der Waals surface area contributed by atoms with Gasteiger partial charge in [-0.15, -0.1) is 0 Å². The molecule has 0 aliphatic rings. The van der Waals surface area contributed by atoms with Crippen LogP contribution in [0.2, 0.25) is 0 Å². The minimum absolute atomic E-state index is 0.246. The molecule has 15 heavy (non-hydrogen) atoms. The van der Waals surface area contributed by atoms with E-state index >= 15 is 0 Å². The number of benzene rings is 1. The smallest absolute Gasteiger partial charge is 0.286 e. The van der Waals surface area contributed by atoms with Crippen LogP contribution in [-0.4, -0.2) is 0 Å². The SMILES string of the molecule is Cc1ccc(COC#N)cc1COC#N. The average Bonchev–Trinajstić information content (AvgIpc) is 2.26. The van der Waals surface area contributed by atoms with E-state index in [9.17, 15) is 0 Å². The van der Waals surface area contributed by atoms with E-state index in [4.69, 9.17) is 10.5 Å². The highest BCUT2D eigenvalue weighted by molar-refractivity contribution is 5.30. The van der Waals surface area contributed by atoms with Gasteiger partial charge in [-0.1, -0.05) is 12.1 Å². The molecule has 76 valence electrons. The number of aryl methyl sites for hydroxylation is 1. The second-order valence-corrected chi connectivity index (χ2v) is 3.02. The van der Waals surface area contributed by atoms with Crippen molar-refractivity contribution < 1.29 is 9.47 Å². The van der Waals surface area contributed by atoms with Crippen molar-refractivity contribution in [3.05, 3.63) is 34.9 Å². The predicted molar refractivity (Wildman–Crippen MR) is 52.0 cm³/mol. The molecule has 0 saturated heterocycles. The van der Waals surface area contributed by atoms with Crippen molar-refractivity contribution in [3.63, 3.8) is 0 Å². The van der Waals surface area contributed by atoms with E-state index in [-0.39, 0.29) is 13.2 Å². The van der Waals surface area contributed by atoms with Crippen molar-refractivity contribution in [2.75, 3.05) is 0 Å². The van der Waals surface area contributed by atoms with E-state index in [0.717, 1.165) is 16.7 Å². The molecule has 4 nitrogen and oxygen atoms in total. The Balaban J connectivity index is 2.77. The molecule has 0 heterocycles. The lowest BCUT2D eigenvalue weighted by Gasteiger charge is -2.06. The van der Waals surface area contributed by atoms with Crippen molar-refractivity contribution in [1.82, 2.24) is 0 Å². The maximum atomic E-state index is 8.29. The maximum absolute atomic E-state index is 8.29. The summed E-state index contributed by atoms with van der Waals surface area (Å²) in [5.41, 5.74) is 2.86. The number of nitrogens with zero attached hydrogens (tertiary/aromatic N) is 2. The topological polar surface area (TPSA) is 66.0 Å². The molecule has 0 aromatic heterocycles. The molecule has 0 atom stereocenters. The van der Waals surface area contributed by atoms with Gasteiger partial charge in [0.25, 0.3) is 12.5 Å². The zero-order valence-corrected chi connectivity index (χ0v) is 8.36. The summed E-state index contributed by atoms with van der Waals surface area (Å²) >= 11 is 0. The van der Waals surface area contributed by atoms with Crippen molar-refractivity contribution in [1.29, 1.82) is 10.5 Å². The summed E-state index contributed by atoms with van der Waals surface area (Å²) in [6, 6.07) is 5.65. The molecule has 0 spiro atoms. The van der Waals surface area contributed by atoms with Crippen LogP contribution in [0.25, 0.3) is 0 Å². The van der Waals surface area contributed by atoms with E-state index in [1.807, 2.05) is 25.1 Å². The Hall–Kier alpha value is -2.20. The van der Waals surface area contributed by atoms with Crippen LogP contribution in [0.15, 0.2) is 18.2 Å². The summed E-state index contributed by atoms with van der Waals surface area (Å²) < 4.78 is 9.28. The van der Waals surface area contributed by atoms with Crippen LogP contribution in [0.5, 0.6) is 0 Å². The van der Waals surface area contributed by atoms with E-state index in [2.05, 4.69) is 9.47 Å². The quantitative estimate of drug-likeness (QED) is 0.700. The molecule has 0 fully saturated rings. The second kappa shape index (κ2) is 5.51. The van der Waals surface area contributed by atoms with Gasteiger partial charge in [-0.2, -0.15) is 10.5 Å². The van der Waals surface area contributed by atoms with Gasteiger partial charge in [0, 0.05) is 0 Å². The van der Waals surface area contributed by atoms with Gasteiger partial charge in [0.15, 0.2) is 0 Å². The van der Waals surface area contributed by atoms with E-state index < -0.39 is 0 Å². The van der Waals surface area contributed by atoms with Gasteiger partial charge in [-0.25, -0.2) is 0 Å². The molecular formula is C11H10N2O2. The molecule has 0 saturated carbocycles. The van der Waals surface area contributed by atoms with Crippen LogP contribution in [0.4, 0.5) is 0 Å². The van der Waals surface area contributed by atoms with Gasteiger partial charge in [0.1, 0.15) is 13.2 Å². The molecule has 0 N–H and O–H groups in total. The zero-order chi connectivity index (χ0) is 11.1. The van der Waals surface area contributed by atoms with Crippen LogP contribution < -0.4 is 0 Å². The molecular weight excluding hydrogens is 192 g/mol. The van der Waals surface area contributed by atoms with E-state index in [0.29, 0.717) is 0 Å². The van der Waals surface area contributed by atoms with Crippen molar-refractivity contribution in [2.24, 2.45) is 0 Å². The fourth-order valence-corrected chi connectivity index (χ4v) is 1.20. The largest absolute Gasteiger partial charge is 0.423 e. The molecule has 0 aliphatic heterocycles. The highest BCUT2D eigenvalue weighted by Crippen LogP contribution is 2.13. The first-order valence-electron chi connectivity index (χ1n) is 4.38. The highest BCUT2D eigenvalue weighted by atomic mass is 16.5. The van der Waals surface area contributed by atoms with Crippen molar-refractivity contribution >= 4 is 0 Å². The van der Waals surface area contributed by atoms with Crippen molar-refractivity contribution in [2.45, 2.75) is 20.1 Å². The van der Waals surface area contributed by atoms with E-state index in [1.54, 1.807) is 12.5 Å². The number of nitriles is 2. The molecule has 0 aliphatic carbocycles. The molecule has 4 heteroatoms. The Bertz CT molecular complexity index is 416. The Morgan fingerprint density at radius 1 is 1.13 bits per heavy atom. The molecule has 1 aromatic carbocycles. The first kappa shape index (κ1) is 10.9. The minimum Gasteiger partial charge on any atom is -0.423 e. The predicted octanol–water partition coefficient (Wildman–Crippen LogP) is 1.99. The van der Waals surface area contributed by atoms with Crippen LogP contribution in [-0.2, 0) is 22.7 Å². The van der Waals surface area contributed by atoms with Crippen LogP contribution in [0, 0.1) is 30.0 Å². The monoisotopic (exact) mass is 202 g/mol. The maximum Gasteiger partial charge on any atom is 0.286 e. The summed E-state index contributed by atoms with van der Waals surface area (Å²) in [6.07, 6.45) is 3.23. The van der Waals surface area contributed by atoms with Crippen LogP contribution >= 0.6 is 0 Å². The van der Waals surface area contributed by atoms with E-state index in [1.165, 1.54) is 0 Å². The van der Waals surface area contributed by atoms with Crippen LogP contribution in [0.3, 0.4) is 0 Å². The number of rotatable bonds is 4. The molecule has 0 amide bonds. The van der Waals surface area contributed by atoms with Gasteiger partial charge >= 0.3 is 0 Å². The summed E-state index contributed by atoms with van der Waals surface area (Å²) in [5, 5.41) is 16.5. The lowest BCUT2D eigenvalue weighted by molar-refractivity contribution is 0.251. The Kier molecular flexibility index (Phi) is 4.00. The first-order chi connectivity index (χ1) is 7.27. The van der Waals surface area contributed by atoms with Gasteiger partial charge in [0.2, 0.25) is 0 Å². The van der Waals surface area contributed by atoms with Crippen LogP contribution in [0.1, 0.15) is 16.7 Å². The highest BCUT2D eigenvalue weighted by Gasteiger charge is 2.01. The third kappa shape index (κ3) is 3.21. The zero-order valence-electron chi connectivity index (χ0n) is 8.36. The third-order valence-electron chi connectivity index (χ3n) is 2.01. The normalized spacial score (nSPS) is 8.73. The number of ether oxygens (including phenoxy) is 2. The summed E-state index contributed by atoms with van der Waals surface area (Å²) in [7, 11) is 0. The molecule has 0 bridgehead atoms. The fourth-order valence-electron chi connectivity index (χ4n) is 1.20. The first-order valence-corrected chi connectivity index (χ1v) is 4.38. The van der Waals surface area contributed by atoms with Gasteiger partial charge in [-0.05, 0) is 29.7 Å². The van der Waals surface area contributed by atoms with Crippen molar-refractivity contribution in [3.8, 4) is 12.5 Å². The van der Waals surface area contributed by atoms with Gasteiger partial charge < -0.3 is 9.47 Å². The summed E-state index contributed by atoms with van der Waals surface area (Å²) in [5.74, 6) is 0. The molecule has 0 radical (unpaired) electrons. The Morgan fingerprint density at radius 3 is 2.47 bits per heavy atom. The number of hydrogen-bond donors (Lipinski definition) is 0. The summed E-state index contributed by atoms with van der Waals surface area (Å²) in [6.45, 7) is 2.43. The second-order valence-electron chi connectivity index (χ2n) is 3.02. The van der Waals surface area contributed by atoms with Gasteiger partial charge in [0.05, 0.1) is 0 Å². The molecule has 1 rings (SSSR count).